The zero-order chi connectivity index (χ0) is 12.0. The van der Waals surface area contributed by atoms with Crippen LogP contribution in [-0.4, -0.2) is 48.0 Å². The normalized spacial score (nSPS) is 10.4. The number of rotatable bonds is 5. The molecule has 0 aromatic carbocycles. The maximum Gasteiger partial charge on any atom is 0.271 e. The first kappa shape index (κ1) is 12.4. The van der Waals surface area contributed by atoms with E-state index < -0.39 is 0 Å². The van der Waals surface area contributed by atoms with E-state index in [-0.39, 0.29) is 5.91 Å². The van der Waals surface area contributed by atoms with Gasteiger partial charge in [-0.25, -0.2) is 9.97 Å². The van der Waals surface area contributed by atoms with Crippen molar-refractivity contribution < 1.29 is 4.79 Å². The van der Waals surface area contributed by atoms with Gasteiger partial charge < -0.3 is 16.0 Å². The van der Waals surface area contributed by atoms with Gasteiger partial charge in [0, 0.05) is 6.54 Å². The van der Waals surface area contributed by atoms with E-state index in [9.17, 15) is 4.79 Å². The lowest BCUT2D eigenvalue weighted by atomic mass is 10.3. The first-order valence-corrected chi connectivity index (χ1v) is 5.10. The second kappa shape index (κ2) is 6.02. The van der Waals surface area contributed by atoms with Crippen molar-refractivity contribution in [1.29, 1.82) is 0 Å². The van der Waals surface area contributed by atoms with Crippen LogP contribution < -0.4 is 11.1 Å². The third kappa shape index (κ3) is 4.22. The van der Waals surface area contributed by atoms with Crippen LogP contribution in [0.5, 0.6) is 0 Å². The Morgan fingerprint density at radius 1 is 1.44 bits per heavy atom. The molecule has 0 saturated heterocycles. The van der Waals surface area contributed by atoms with E-state index >= 15 is 0 Å². The van der Waals surface area contributed by atoms with Crippen LogP contribution in [-0.2, 0) is 0 Å². The molecule has 1 aromatic heterocycles. The van der Waals surface area contributed by atoms with Crippen LogP contribution in [0.15, 0.2) is 12.4 Å². The number of nitrogens with two attached hydrogens (primary N) is 1. The molecule has 0 aliphatic carbocycles. The van der Waals surface area contributed by atoms with E-state index in [1.54, 1.807) is 0 Å². The lowest BCUT2D eigenvalue weighted by Crippen LogP contribution is -2.27. The average molecular weight is 223 g/mol. The number of carbonyl (C=O) groups is 1. The van der Waals surface area contributed by atoms with Crippen molar-refractivity contribution in [1.82, 2.24) is 20.2 Å². The molecular weight excluding hydrogens is 206 g/mol. The zero-order valence-electron chi connectivity index (χ0n) is 9.60. The minimum absolute atomic E-state index is 0.216. The highest BCUT2D eigenvalue weighted by atomic mass is 16.1. The SMILES string of the molecule is CN(C)CCCNC(=O)c1cnc(N)cn1. The maximum atomic E-state index is 11.5. The number of carbonyl (C=O) groups excluding carboxylic acids is 1. The first-order valence-electron chi connectivity index (χ1n) is 5.10. The molecule has 16 heavy (non-hydrogen) atoms. The molecule has 0 fully saturated rings. The number of nitrogens with one attached hydrogen (secondary N) is 1. The number of hydrogen-bond acceptors (Lipinski definition) is 5. The van der Waals surface area contributed by atoms with Gasteiger partial charge >= 0.3 is 0 Å². The summed E-state index contributed by atoms with van der Waals surface area (Å²) in [6.07, 6.45) is 3.65. The molecule has 6 nitrogen and oxygen atoms in total. The molecule has 0 saturated carbocycles. The number of amides is 1. The predicted octanol–water partition coefficient (Wildman–Crippen LogP) is -0.260. The van der Waals surface area contributed by atoms with Crippen molar-refractivity contribution in [2.24, 2.45) is 0 Å². The zero-order valence-corrected chi connectivity index (χ0v) is 9.60. The fraction of sp³-hybridized carbons (Fsp3) is 0.500. The summed E-state index contributed by atoms with van der Waals surface area (Å²) in [4.78, 5) is 21.3. The smallest absolute Gasteiger partial charge is 0.271 e. The molecular formula is C10H17N5O. The van der Waals surface area contributed by atoms with Gasteiger partial charge in [-0.1, -0.05) is 0 Å². The van der Waals surface area contributed by atoms with Crippen molar-refractivity contribution in [3.8, 4) is 0 Å². The molecule has 0 unspecified atom stereocenters. The van der Waals surface area contributed by atoms with E-state index in [4.69, 9.17) is 5.73 Å². The summed E-state index contributed by atoms with van der Waals surface area (Å²) in [5.74, 6) is 0.0930. The molecule has 1 aromatic rings. The van der Waals surface area contributed by atoms with E-state index in [0.29, 0.717) is 18.1 Å². The van der Waals surface area contributed by atoms with Gasteiger partial charge in [0.1, 0.15) is 11.5 Å². The number of aromatic nitrogens is 2. The van der Waals surface area contributed by atoms with Crippen LogP contribution in [0.1, 0.15) is 16.9 Å². The minimum atomic E-state index is -0.216. The van der Waals surface area contributed by atoms with Gasteiger partial charge in [0.25, 0.3) is 5.91 Å². The number of hydrogen-bond donors (Lipinski definition) is 2. The molecule has 0 aliphatic rings. The van der Waals surface area contributed by atoms with E-state index in [0.717, 1.165) is 13.0 Å². The van der Waals surface area contributed by atoms with Crippen LogP contribution in [0, 0.1) is 0 Å². The third-order valence-electron chi connectivity index (χ3n) is 1.97. The van der Waals surface area contributed by atoms with Gasteiger partial charge in [0.2, 0.25) is 0 Å². The summed E-state index contributed by atoms with van der Waals surface area (Å²) in [6, 6.07) is 0. The largest absolute Gasteiger partial charge is 0.382 e. The molecule has 3 N–H and O–H groups in total. The van der Waals surface area contributed by atoms with Gasteiger partial charge in [-0.15, -0.1) is 0 Å². The van der Waals surface area contributed by atoms with Gasteiger partial charge in [-0.2, -0.15) is 0 Å². The van der Waals surface area contributed by atoms with Crippen LogP contribution in [0.2, 0.25) is 0 Å². The van der Waals surface area contributed by atoms with Gasteiger partial charge in [0.05, 0.1) is 12.4 Å². The summed E-state index contributed by atoms with van der Waals surface area (Å²) in [6.45, 7) is 1.57. The minimum Gasteiger partial charge on any atom is -0.382 e. The Hall–Kier alpha value is -1.69. The highest BCUT2D eigenvalue weighted by Crippen LogP contribution is 1.95. The predicted molar refractivity (Wildman–Crippen MR) is 61.9 cm³/mol. The fourth-order valence-corrected chi connectivity index (χ4v) is 1.14. The molecule has 88 valence electrons. The highest BCUT2D eigenvalue weighted by Gasteiger charge is 2.06. The molecule has 0 radical (unpaired) electrons. The Morgan fingerprint density at radius 3 is 2.75 bits per heavy atom. The van der Waals surface area contributed by atoms with Crippen LogP contribution in [0.4, 0.5) is 5.82 Å². The van der Waals surface area contributed by atoms with Gasteiger partial charge in [-0.3, -0.25) is 4.79 Å². The molecule has 0 bridgehead atoms. The number of anilines is 1. The Labute approximate surface area is 94.9 Å². The first-order chi connectivity index (χ1) is 7.59. The fourth-order valence-electron chi connectivity index (χ4n) is 1.14. The van der Waals surface area contributed by atoms with Crippen molar-refractivity contribution in [3.63, 3.8) is 0 Å². The van der Waals surface area contributed by atoms with Crippen molar-refractivity contribution in [2.75, 3.05) is 32.9 Å². The van der Waals surface area contributed by atoms with Crippen molar-refractivity contribution >= 4 is 11.7 Å². The molecule has 6 heteroatoms. The second-order valence-corrected chi connectivity index (χ2v) is 3.74. The summed E-state index contributed by atoms with van der Waals surface area (Å²) in [7, 11) is 3.99. The highest BCUT2D eigenvalue weighted by molar-refractivity contribution is 5.91. The Balaban J connectivity index is 2.32. The topological polar surface area (TPSA) is 84.1 Å². The van der Waals surface area contributed by atoms with E-state index in [1.165, 1.54) is 12.4 Å². The summed E-state index contributed by atoms with van der Waals surface area (Å²) >= 11 is 0. The average Bonchev–Trinajstić information content (AvgIpc) is 2.25. The van der Waals surface area contributed by atoms with Crippen LogP contribution in [0.3, 0.4) is 0 Å². The quantitative estimate of drug-likeness (QED) is 0.672. The Kier molecular flexibility index (Phi) is 4.65. The second-order valence-electron chi connectivity index (χ2n) is 3.74. The molecule has 0 atom stereocenters. The maximum absolute atomic E-state index is 11.5. The molecule has 1 amide bonds. The molecule has 1 heterocycles. The molecule has 0 aliphatic heterocycles. The monoisotopic (exact) mass is 223 g/mol. The standard InChI is InChI=1S/C10H17N5O/c1-15(2)5-3-4-12-10(16)8-6-14-9(11)7-13-8/h6-7H,3-5H2,1-2H3,(H2,11,14)(H,12,16). The van der Waals surface area contributed by atoms with Crippen molar-refractivity contribution in [3.05, 3.63) is 18.1 Å². The number of nitrogens with zero attached hydrogens (tertiary/aromatic N) is 3. The Morgan fingerprint density at radius 2 is 2.19 bits per heavy atom. The summed E-state index contributed by atoms with van der Waals surface area (Å²) in [5, 5.41) is 2.76. The van der Waals surface area contributed by atoms with Crippen LogP contribution in [0.25, 0.3) is 0 Å². The van der Waals surface area contributed by atoms with E-state index in [2.05, 4.69) is 20.2 Å². The molecule has 0 spiro atoms. The summed E-state index contributed by atoms with van der Waals surface area (Å²) < 4.78 is 0. The third-order valence-corrected chi connectivity index (χ3v) is 1.97. The lowest BCUT2D eigenvalue weighted by molar-refractivity contribution is 0.0947. The van der Waals surface area contributed by atoms with Gasteiger partial charge in [0.15, 0.2) is 0 Å². The van der Waals surface area contributed by atoms with Crippen LogP contribution >= 0.6 is 0 Å². The van der Waals surface area contributed by atoms with Crippen molar-refractivity contribution in [2.45, 2.75) is 6.42 Å². The lowest BCUT2D eigenvalue weighted by Gasteiger charge is -2.09. The summed E-state index contributed by atoms with van der Waals surface area (Å²) in [5.41, 5.74) is 5.66. The van der Waals surface area contributed by atoms with Gasteiger partial charge in [-0.05, 0) is 27.1 Å². The Bertz CT molecular complexity index is 336. The van der Waals surface area contributed by atoms with E-state index in [1.807, 2.05) is 14.1 Å². The number of nitrogen functional groups attached to an aromatic ring is 1. The molecule has 1 rings (SSSR count).